The molecule has 1 amide bonds. The minimum Gasteiger partial charge on any atom is -0.396 e. The van der Waals surface area contributed by atoms with Crippen molar-refractivity contribution in [3.05, 3.63) is 17.1 Å². The van der Waals surface area contributed by atoms with Crippen LogP contribution in [0.2, 0.25) is 0 Å². The van der Waals surface area contributed by atoms with Gasteiger partial charge in [-0.1, -0.05) is 13.8 Å². The number of amides is 1. The number of fused-ring (bicyclic) bond motifs is 1. The molecule has 0 spiro atoms. The Kier molecular flexibility index (Phi) is 5.48. The molecule has 144 valence electrons. The summed E-state index contributed by atoms with van der Waals surface area (Å²) in [7, 11) is 4.11. The van der Waals surface area contributed by atoms with Gasteiger partial charge in [0.2, 0.25) is 0 Å². The minimum atomic E-state index is -0.0916. The Balaban J connectivity index is 1.89. The molecule has 2 N–H and O–H groups in total. The Morgan fingerprint density at radius 1 is 1.27 bits per heavy atom. The van der Waals surface area contributed by atoms with E-state index in [-0.39, 0.29) is 23.8 Å². The number of carbonyl (C=O) groups is 1. The number of hydrogen-bond acceptors (Lipinski definition) is 6. The maximum atomic E-state index is 12.3. The summed E-state index contributed by atoms with van der Waals surface area (Å²) in [5, 5.41) is 12.9. The van der Waals surface area contributed by atoms with Crippen LogP contribution in [0.25, 0.3) is 0 Å². The van der Waals surface area contributed by atoms with Crippen molar-refractivity contribution in [3.8, 4) is 0 Å². The summed E-state index contributed by atoms with van der Waals surface area (Å²) in [4.78, 5) is 26.1. The lowest BCUT2D eigenvalue weighted by atomic mass is 9.78. The van der Waals surface area contributed by atoms with Crippen LogP contribution in [0.5, 0.6) is 0 Å². The first-order valence-corrected chi connectivity index (χ1v) is 9.55. The number of aromatic nitrogens is 2. The molecule has 26 heavy (non-hydrogen) atoms. The fourth-order valence-corrected chi connectivity index (χ4v) is 4.04. The van der Waals surface area contributed by atoms with E-state index in [1.165, 1.54) is 0 Å². The Hall–Kier alpha value is -1.73. The Morgan fingerprint density at radius 3 is 2.54 bits per heavy atom. The van der Waals surface area contributed by atoms with Gasteiger partial charge in [-0.2, -0.15) is 0 Å². The highest BCUT2D eigenvalue weighted by atomic mass is 16.3. The van der Waals surface area contributed by atoms with Gasteiger partial charge in [-0.3, -0.25) is 4.79 Å². The fourth-order valence-electron chi connectivity index (χ4n) is 4.04. The summed E-state index contributed by atoms with van der Waals surface area (Å²) in [6.45, 7) is 7.53. The summed E-state index contributed by atoms with van der Waals surface area (Å²) < 4.78 is 0. The summed E-state index contributed by atoms with van der Waals surface area (Å²) in [5.41, 5.74) is 1.46. The highest BCUT2D eigenvalue weighted by Gasteiger charge is 2.36. The lowest BCUT2D eigenvalue weighted by Crippen LogP contribution is -2.48. The van der Waals surface area contributed by atoms with E-state index >= 15 is 0 Å². The molecule has 0 radical (unpaired) electrons. The van der Waals surface area contributed by atoms with Gasteiger partial charge in [0.05, 0.1) is 6.61 Å². The molecule has 3 heterocycles. The number of aliphatic hydroxyl groups excluding tert-OH is 1. The lowest BCUT2D eigenvalue weighted by Gasteiger charge is -2.43. The molecule has 0 saturated carbocycles. The van der Waals surface area contributed by atoms with Crippen molar-refractivity contribution in [2.75, 3.05) is 51.8 Å². The number of aliphatic hydroxyl groups is 1. The quantitative estimate of drug-likeness (QED) is 0.815. The number of hydrogen-bond donors (Lipinski definition) is 2. The van der Waals surface area contributed by atoms with Gasteiger partial charge in [-0.15, -0.1) is 0 Å². The molecule has 0 atom stereocenters. The number of nitrogens with zero attached hydrogens (tertiary/aromatic N) is 4. The van der Waals surface area contributed by atoms with Crippen molar-refractivity contribution in [3.63, 3.8) is 0 Å². The summed E-state index contributed by atoms with van der Waals surface area (Å²) in [5.74, 6) is 1.72. The van der Waals surface area contributed by atoms with E-state index in [0.29, 0.717) is 12.2 Å². The average Bonchev–Trinajstić information content (AvgIpc) is 2.61. The monoisotopic (exact) mass is 361 g/mol. The average molecular weight is 361 g/mol. The van der Waals surface area contributed by atoms with Crippen LogP contribution in [0, 0.1) is 5.41 Å². The predicted molar refractivity (Wildman–Crippen MR) is 102 cm³/mol. The first-order valence-electron chi connectivity index (χ1n) is 9.55. The normalized spacial score (nSPS) is 19.7. The Bertz CT molecular complexity index is 666. The van der Waals surface area contributed by atoms with Gasteiger partial charge in [-0.05, 0) is 33.4 Å². The third-order valence-electron chi connectivity index (χ3n) is 5.51. The molecule has 0 aliphatic carbocycles. The van der Waals surface area contributed by atoms with Gasteiger partial charge >= 0.3 is 0 Å². The van der Waals surface area contributed by atoms with E-state index in [0.717, 1.165) is 56.1 Å². The van der Waals surface area contributed by atoms with E-state index in [1.54, 1.807) is 0 Å². The molecule has 2 aliphatic heterocycles. The van der Waals surface area contributed by atoms with Crippen LogP contribution >= 0.6 is 0 Å². The zero-order valence-corrected chi connectivity index (χ0v) is 16.4. The highest BCUT2D eigenvalue weighted by molar-refractivity contribution is 5.96. The van der Waals surface area contributed by atoms with Crippen molar-refractivity contribution in [1.82, 2.24) is 20.2 Å². The van der Waals surface area contributed by atoms with Crippen molar-refractivity contribution in [2.24, 2.45) is 5.41 Å². The van der Waals surface area contributed by atoms with E-state index in [2.05, 4.69) is 48.0 Å². The Labute approximate surface area is 155 Å². The van der Waals surface area contributed by atoms with E-state index in [1.807, 2.05) is 0 Å². The second kappa shape index (κ2) is 7.48. The molecule has 1 aromatic heterocycles. The van der Waals surface area contributed by atoms with Crippen LogP contribution in [0.4, 0.5) is 5.82 Å². The van der Waals surface area contributed by atoms with Crippen molar-refractivity contribution in [1.29, 1.82) is 0 Å². The number of rotatable bonds is 5. The predicted octanol–water partition coefficient (Wildman–Crippen LogP) is 1.03. The summed E-state index contributed by atoms with van der Waals surface area (Å²) >= 11 is 0. The zero-order valence-electron chi connectivity index (χ0n) is 16.4. The van der Waals surface area contributed by atoms with Gasteiger partial charge in [0.25, 0.3) is 5.91 Å². The Morgan fingerprint density at radius 2 is 1.96 bits per heavy atom. The number of piperidine rings is 1. The third-order valence-corrected chi connectivity index (χ3v) is 5.51. The number of anilines is 1. The standard InChI is InChI=1S/C19H31N5O2/c1-13(2)16-21-15-14(5-8-20-18(15)26)17(22-16)24-9-6-19(12-25,7-10-24)11-23(3)4/h13,25H,5-12H2,1-4H3,(H,20,26). The number of carbonyl (C=O) groups excluding carboxylic acids is 1. The maximum absolute atomic E-state index is 12.3. The van der Waals surface area contributed by atoms with Crippen LogP contribution in [-0.4, -0.2) is 72.8 Å². The van der Waals surface area contributed by atoms with Crippen LogP contribution < -0.4 is 10.2 Å². The first kappa shape index (κ1) is 19.0. The van der Waals surface area contributed by atoms with Crippen LogP contribution in [0.3, 0.4) is 0 Å². The molecule has 1 fully saturated rings. The fraction of sp³-hybridized carbons (Fsp3) is 0.737. The topological polar surface area (TPSA) is 81.6 Å². The molecular weight excluding hydrogens is 330 g/mol. The van der Waals surface area contributed by atoms with Crippen LogP contribution in [0.1, 0.15) is 54.5 Å². The van der Waals surface area contributed by atoms with Gasteiger partial charge in [0.1, 0.15) is 17.3 Å². The van der Waals surface area contributed by atoms with Crippen molar-refractivity contribution >= 4 is 11.7 Å². The second-order valence-electron chi connectivity index (χ2n) is 8.28. The molecule has 0 unspecified atom stereocenters. The lowest BCUT2D eigenvalue weighted by molar-refractivity contribution is 0.0675. The molecule has 7 nitrogen and oxygen atoms in total. The summed E-state index contributed by atoms with van der Waals surface area (Å²) in [6, 6.07) is 0. The maximum Gasteiger partial charge on any atom is 0.270 e. The molecule has 7 heteroatoms. The molecule has 0 bridgehead atoms. The van der Waals surface area contributed by atoms with Crippen molar-refractivity contribution < 1.29 is 9.90 Å². The largest absolute Gasteiger partial charge is 0.396 e. The second-order valence-corrected chi connectivity index (χ2v) is 8.28. The molecule has 1 aromatic rings. The zero-order chi connectivity index (χ0) is 18.9. The molecular formula is C19H31N5O2. The van der Waals surface area contributed by atoms with Gasteiger partial charge < -0.3 is 20.2 Å². The molecule has 2 aliphatic rings. The smallest absolute Gasteiger partial charge is 0.270 e. The van der Waals surface area contributed by atoms with Gasteiger partial charge in [0.15, 0.2) is 0 Å². The molecule has 3 rings (SSSR count). The molecule has 0 aromatic carbocycles. The number of nitrogens with one attached hydrogen (secondary N) is 1. The highest BCUT2D eigenvalue weighted by Crippen LogP contribution is 2.35. The SMILES string of the molecule is CC(C)c1nc2c(c(N3CCC(CO)(CN(C)C)CC3)n1)CCNC2=O. The van der Waals surface area contributed by atoms with Gasteiger partial charge in [0, 0.05) is 43.1 Å². The van der Waals surface area contributed by atoms with E-state index in [4.69, 9.17) is 4.98 Å². The summed E-state index contributed by atoms with van der Waals surface area (Å²) in [6.07, 6.45) is 2.61. The van der Waals surface area contributed by atoms with Crippen LogP contribution in [0.15, 0.2) is 0 Å². The van der Waals surface area contributed by atoms with E-state index < -0.39 is 0 Å². The van der Waals surface area contributed by atoms with E-state index in [9.17, 15) is 9.90 Å². The third kappa shape index (κ3) is 3.69. The van der Waals surface area contributed by atoms with Gasteiger partial charge in [-0.25, -0.2) is 9.97 Å². The van der Waals surface area contributed by atoms with Crippen LogP contribution in [-0.2, 0) is 6.42 Å². The minimum absolute atomic E-state index is 0.0503. The molecule has 1 saturated heterocycles. The first-order chi connectivity index (χ1) is 12.3. The van der Waals surface area contributed by atoms with Crippen molar-refractivity contribution in [2.45, 2.75) is 39.0 Å².